The molecule has 1 aromatic heterocycles. The minimum absolute atomic E-state index is 0.173. The second-order valence-electron chi connectivity index (χ2n) is 3.32. The fourth-order valence-electron chi connectivity index (χ4n) is 1.38. The van der Waals surface area contributed by atoms with E-state index in [1.807, 2.05) is 0 Å². The van der Waals surface area contributed by atoms with Crippen LogP contribution in [0.4, 0.5) is 13.2 Å². The monoisotopic (exact) mass is 259 g/mol. The zero-order valence-corrected chi connectivity index (χ0v) is 9.65. The van der Waals surface area contributed by atoms with Crippen molar-refractivity contribution in [3.63, 3.8) is 0 Å². The van der Waals surface area contributed by atoms with Gasteiger partial charge in [0, 0.05) is 24.6 Å². The molecule has 0 saturated heterocycles. The molecule has 0 saturated carbocycles. The fourth-order valence-corrected chi connectivity index (χ4v) is 2.23. The largest absolute Gasteiger partial charge is 0.378 e. The van der Waals surface area contributed by atoms with Crippen LogP contribution >= 0.6 is 11.3 Å². The van der Waals surface area contributed by atoms with E-state index >= 15 is 0 Å². The number of benzene rings is 1. The summed E-state index contributed by atoms with van der Waals surface area (Å²) in [5.74, 6) is -2.86. The van der Waals surface area contributed by atoms with Gasteiger partial charge < -0.3 is 4.74 Å². The van der Waals surface area contributed by atoms with E-state index in [0.29, 0.717) is 17.8 Å². The van der Waals surface area contributed by atoms with Crippen LogP contribution in [0, 0.1) is 17.5 Å². The van der Waals surface area contributed by atoms with Gasteiger partial charge in [0.25, 0.3) is 0 Å². The van der Waals surface area contributed by atoms with E-state index in [4.69, 9.17) is 4.74 Å². The highest BCUT2D eigenvalue weighted by molar-refractivity contribution is 7.13. The number of halogens is 3. The Morgan fingerprint density at radius 3 is 2.47 bits per heavy atom. The molecule has 0 radical (unpaired) electrons. The van der Waals surface area contributed by atoms with Crippen LogP contribution in [-0.4, -0.2) is 12.1 Å². The van der Waals surface area contributed by atoms with E-state index in [-0.39, 0.29) is 17.2 Å². The van der Waals surface area contributed by atoms with E-state index in [0.717, 1.165) is 11.3 Å². The molecule has 1 heterocycles. The average Bonchev–Trinajstić information content (AvgIpc) is 2.65. The lowest BCUT2D eigenvalue weighted by Crippen LogP contribution is -1.93. The molecule has 0 spiro atoms. The van der Waals surface area contributed by atoms with E-state index in [1.165, 1.54) is 7.11 Å². The van der Waals surface area contributed by atoms with Crippen LogP contribution in [0.1, 0.15) is 5.69 Å². The summed E-state index contributed by atoms with van der Waals surface area (Å²) in [6.45, 7) is 0.265. The Labute approximate surface area is 99.7 Å². The van der Waals surface area contributed by atoms with Crippen LogP contribution in [0.5, 0.6) is 0 Å². The maximum Gasteiger partial charge on any atom is 0.139 e. The van der Waals surface area contributed by atoms with Crippen LogP contribution < -0.4 is 0 Å². The molecule has 17 heavy (non-hydrogen) atoms. The molecule has 0 amide bonds. The van der Waals surface area contributed by atoms with Crippen molar-refractivity contribution in [2.75, 3.05) is 7.11 Å². The standard InChI is InChI=1S/C11H8F3NOS/c1-16-4-7-5-17-11(15-7)10-8(13)2-6(12)3-9(10)14/h2-3,5H,4H2,1H3. The Hall–Kier alpha value is -1.40. The summed E-state index contributed by atoms with van der Waals surface area (Å²) in [6.07, 6.45) is 0. The first-order valence-electron chi connectivity index (χ1n) is 4.70. The second kappa shape index (κ2) is 4.85. The number of hydrogen-bond acceptors (Lipinski definition) is 3. The predicted molar refractivity (Wildman–Crippen MR) is 58.1 cm³/mol. The molecule has 0 aliphatic carbocycles. The SMILES string of the molecule is COCc1csc(-c2c(F)cc(F)cc2F)n1. The van der Waals surface area contributed by atoms with Gasteiger partial charge in [-0.05, 0) is 0 Å². The first kappa shape index (κ1) is 12.1. The fraction of sp³-hybridized carbons (Fsp3) is 0.182. The Balaban J connectivity index is 2.45. The Morgan fingerprint density at radius 1 is 1.24 bits per heavy atom. The van der Waals surface area contributed by atoms with E-state index in [1.54, 1.807) is 5.38 Å². The lowest BCUT2D eigenvalue weighted by Gasteiger charge is -2.01. The van der Waals surface area contributed by atoms with Gasteiger partial charge >= 0.3 is 0 Å². The third-order valence-electron chi connectivity index (χ3n) is 2.06. The number of rotatable bonds is 3. The molecular formula is C11H8F3NOS. The molecule has 6 heteroatoms. The molecular weight excluding hydrogens is 251 g/mol. The quantitative estimate of drug-likeness (QED) is 0.843. The molecule has 2 nitrogen and oxygen atoms in total. The van der Waals surface area contributed by atoms with Gasteiger partial charge in [-0.15, -0.1) is 11.3 Å². The highest BCUT2D eigenvalue weighted by Crippen LogP contribution is 2.29. The van der Waals surface area contributed by atoms with Gasteiger partial charge in [0.15, 0.2) is 0 Å². The van der Waals surface area contributed by atoms with Crippen LogP contribution in [0.25, 0.3) is 10.6 Å². The van der Waals surface area contributed by atoms with Crippen molar-refractivity contribution < 1.29 is 17.9 Å². The predicted octanol–water partition coefficient (Wildman–Crippen LogP) is 3.37. The molecule has 0 aliphatic rings. The van der Waals surface area contributed by atoms with Gasteiger partial charge in [-0.3, -0.25) is 0 Å². The Kier molecular flexibility index (Phi) is 3.44. The molecule has 2 rings (SSSR count). The van der Waals surface area contributed by atoms with Crippen molar-refractivity contribution >= 4 is 11.3 Å². The van der Waals surface area contributed by atoms with Gasteiger partial charge in [0.2, 0.25) is 0 Å². The van der Waals surface area contributed by atoms with Crippen molar-refractivity contribution in [2.45, 2.75) is 6.61 Å². The summed E-state index contributed by atoms with van der Waals surface area (Å²) >= 11 is 1.08. The van der Waals surface area contributed by atoms with Gasteiger partial charge in [0.1, 0.15) is 22.5 Å². The van der Waals surface area contributed by atoms with Crippen LogP contribution in [0.3, 0.4) is 0 Å². The van der Waals surface area contributed by atoms with Gasteiger partial charge in [-0.1, -0.05) is 0 Å². The summed E-state index contributed by atoms with van der Waals surface area (Å²) < 4.78 is 44.5. The third-order valence-corrected chi connectivity index (χ3v) is 2.97. The summed E-state index contributed by atoms with van der Waals surface area (Å²) in [5, 5.41) is 1.81. The maximum absolute atomic E-state index is 13.4. The summed E-state index contributed by atoms with van der Waals surface area (Å²) in [4.78, 5) is 4.01. The number of hydrogen-bond donors (Lipinski definition) is 0. The van der Waals surface area contributed by atoms with Crippen molar-refractivity contribution in [3.05, 3.63) is 40.7 Å². The molecule has 0 atom stereocenters. The van der Waals surface area contributed by atoms with E-state index < -0.39 is 17.5 Å². The Bertz CT molecular complexity index is 518. The number of thiazole rings is 1. The number of ether oxygens (including phenoxy) is 1. The van der Waals surface area contributed by atoms with Crippen LogP contribution in [0.2, 0.25) is 0 Å². The molecule has 0 bridgehead atoms. The molecule has 0 fully saturated rings. The number of aromatic nitrogens is 1. The van der Waals surface area contributed by atoms with Crippen molar-refractivity contribution in [3.8, 4) is 10.6 Å². The molecule has 2 aromatic rings. The van der Waals surface area contributed by atoms with Gasteiger partial charge in [-0.2, -0.15) is 0 Å². The molecule has 1 aromatic carbocycles. The summed E-state index contributed by atoms with van der Waals surface area (Å²) in [7, 11) is 1.50. The average molecular weight is 259 g/mol. The van der Waals surface area contributed by atoms with Gasteiger partial charge in [-0.25, -0.2) is 18.2 Å². The summed E-state index contributed by atoms with van der Waals surface area (Å²) in [5.41, 5.74) is 0.273. The smallest absolute Gasteiger partial charge is 0.139 e. The third kappa shape index (κ3) is 2.48. The zero-order valence-electron chi connectivity index (χ0n) is 8.84. The Morgan fingerprint density at radius 2 is 1.88 bits per heavy atom. The normalized spacial score (nSPS) is 10.8. The minimum atomic E-state index is -0.958. The molecule has 0 unspecified atom stereocenters. The lowest BCUT2D eigenvalue weighted by atomic mass is 10.2. The van der Waals surface area contributed by atoms with E-state index in [9.17, 15) is 13.2 Å². The minimum Gasteiger partial charge on any atom is -0.378 e. The first-order valence-corrected chi connectivity index (χ1v) is 5.58. The number of methoxy groups -OCH3 is 1. The van der Waals surface area contributed by atoms with Crippen molar-refractivity contribution in [2.24, 2.45) is 0 Å². The molecule has 0 aliphatic heterocycles. The highest BCUT2D eigenvalue weighted by atomic mass is 32.1. The van der Waals surface area contributed by atoms with Crippen LogP contribution in [-0.2, 0) is 11.3 Å². The van der Waals surface area contributed by atoms with E-state index in [2.05, 4.69) is 4.98 Å². The zero-order chi connectivity index (χ0) is 12.4. The first-order chi connectivity index (χ1) is 8.11. The summed E-state index contributed by atoms with van der Waals surface area (Å²) in [6, 6.07) is 1.27. The lowest BCUT2D eigenvalue weighted by molar-refractivity contribution is 0.182. The molecule has 0 N–H and O–H groups in total. The topological polar surface area (TPSA) is 22.1 Å². The van der Waals surface area contributed by atoms with Crippen LogP contribution in [0.15, 0.2) is 17.5 Å². The van der Waals surface area contributed by atoms with Crippen molar-refractivity contribution in [1.82, 2.24) is 4.98 Å². The second-order valence-corrected chi connectivity index (χ2v) is 4.18. The highest BCUT2D eigenvalue weighted by Gasteiger charge is 2.16. The number of nitrogens with zero attached hydrogens (tertiary/aromatic N) is 1. The van der Waals surface area contributed by atoms with Gasteiger partial charge in [0.05, 0.1) is 17.9 Å². The molecule has 90 valence electrons. The maximum atomic E-state index is 13.4. The van der Waals surface area contributed by atoms with Crippen molar-refractivity contribution in [1.29, 1.82) is 0 Å².